The van der Waals surface area contributed by atoms with Gasteiger partial charge >= 0.3 is 0 Å². The Labute approximate surface area is 149 Å². The topological polar surface area (TPSA) is 65.7 Å². The molecule has 0 aliphatic heterocycles. The summed E-state index contributed by atoms with van der Waals surface area (Å²) in [4.78, 5) is 4.52. The molecule has 126 valence electrons. The van der Waals surface area contributed by atoms with Gasteiger partial charge in [0.1, 0.15) is 12.1 Å². The summed E-state index contributed by atoms with van der Waals surface area (Å²) in [6.07, 6.45) is 2.07. The summed E-state index contributed by atoms with van der Waals surface area (Å²) in [5, 5.41) is 13.5. The van der Waals surface area contributed by atoms with Crippen molar-refractivity contribution in [2.75, 3.05) is 0 Å². The van der Waals surface area contributed by atoms with Gasteiger partial charge in [-0.2, -0.15) is 0 Å². The quantitative estimate of drug-likeness (QED) is 0.654. The summed E-state index contributed by atoms with van der Waals surface area (Å²) in [5.74, 6) is 1.14. The molecule has 0 atom stereocenters. The van der Waals surface area contributed by atoms with Gasteiger partial charge in [-0.25, -0.2) is 9.67 Å². The number of tetrazole rings is 1. The summed E-state index contributed by atoms with van der Waals surface area (Å²) in [5.41, 5.74) is 1.50. The number of nitrogens with zero attached hydrogens (tertiary/aromatic N) is 5. The molecule has 0 spiro atoms. The molecule has 3 aromatic rings. The van der Waals surface area contributed by atoms with Crippen molar-refractivity contribution in [3.05, 3.63) is 39.8 Å². The first-order valence-electron chi connectivity index (χ1n) is 7.73. The predicted molar refractivity (Wildman–Crippen MR) is 93.6 cm³/mol. The van der Waals surface area contributed by atoms with E-state index < -0.39 is 0 Å². The maximum atomic E-state index is 6.32. The molecule has 0 fully saturated rings. The minimum atomic E-state index is 0.211. The first-order valence-corrected chi connectivity index (χ1v) is 8.49. The van der Waals surface area contributed by atoms with Crippen LogP contribution in [0.1, 0.15) is 31.3 Å². The molecule has 0 N–H and O–H groups in total. The number of halogens is 2. The average Bonchev–Trinajstić information content (AvgIpc) is 2.99. The predicted octanol–water partition coefficient (Wildman–Crippen LogP) is 4.22. The van der Waals surface area contributed by atoms with E-state index in [1.54, 1.807) is 10.7 Å². The van der Waals surface area contributed by atoms with Crippen molar-refractivity contribution in [3.63, 3.8) is 0 Å². The molecule has 0 saturated carbocycles. The molecule has 0 bridgehead atoms. The van der Waals surface area contributed by atoms with Crippen molar-refractivity contribution < 1.29 is 4.74 Å². The first kappa shape index (κ1) is 16.9. The van der Waals surface area contributed by atoms with Crippen LogP contribution in [0.5, 0.6) is 5.75 Å². The third-order valence-electron chi connectivity index (χ3n) is 3.65. The van der Waals surface area contributed by atoms with Crippen LogP contribution < -0.4 is 4.74 Å². The number of hydrogen-bond acceptors (Lipinski definition) is 5. The molecule has 6 nitrogen and oxygen atoms in total. The number of ether oxygens (including phenoxy) is 1. The third kappa shape index (κ3) is 3.44. The number of rotatable bonds is 6. The number of benzene rings is 1. The van der Waals surface area contributed by atoms with E-state index in [1.165, 1.54) is 0 Å². The van der Waals surface area contributed by atoms with E-state index in [4.69, 9.17) is 27.9 Å². The number of hydrogen-bond donors (Lipinski definition) is 0. The highest BCUT2D eigenvalue weighted by Crippen LogP contribution is 2.37. The van der Waals surface area contributed by atoms with Crippen molar-refractivity contribution in [1.82, 2.24) is 25.2 Å². The average molecular weight is 366 g/mol. The van der Waals surface area contributed by atoms with Crippen molar-refractivity contribution in [1.29, 1.82) is 0 Å². The minimum Gasteiger partial charge on any atom is -0.482 e. The van der Waals surface area contributed by atoms with E-state index >= 15 is 0 Å². The number of aryl methyl sites for hydroxylation is 2. The summed E-state index contributed by atoms with van der Waals surface area (Å²) in [6, 6.07) is 5.48. The molecule has 0 saturated heterocycles. The molecule has 0 aliphatic carbocycles. The smallest absolute Gasteiger partial charge is 0.189 e. The molecule has 0 aliphatic rings. The molecule has 0 radical (unpaired) electrons. The second-order valence-electron chi connectivity index (χ2n) is 5.48. The van der Waals surface area contributed by atoms with E-state index in [1.807, 2.05) is 19.1 Å². The van der Waals surface area contributed by atoms with Crippen LogP contribution >= 0.6 is 23.2 Å². The molecule has 24 heavy (non-hydrogen) atoms. The SMILES string of the molecule is CCCCn1nnnc1COc1c(Cl)cc(Cl)c2ccc(C)nc12. The largest absolute Gasteiger partial charge is 0.482 e. The van der Waals surface area contributed by atoms with Crippen LogP contribution in [-0.4, -0.2) is 25.2 Å². The number of aromatic nitrogens is 5. The molecule has 2 aromatic heterocycles. The summed E-state index contributed by atoms with van der Waals surface area (Å²) in [7, 11) is 0. The van der Waals surface area contributed by atoms with E-state index in [2.05, 4.69) is 27.4 Å². The van der Waals surface area contributed by atoms with Gasteiger partial charge in [-0.1, -0.05) is 36.5 Å². The van der Waals surface area contributed by atoms with Crippen LogP contribution in [0.2, 0.25) is 10.0 Å². The highest BCUT2D eigenvalue weighted by atomic mass is 35.5. The molecular formula is C16H17Cl2N5O. The van der Waals surface area contributed by atoms with Crippen LogP contribution in [0, 0.1) is 6.92 Å². The fourth-order valence-corrected chi connectivity index (χ4v) is 2.94. The van der Waals surface area contributed by atoms with E-state index in [0.717, 1.165) is 30.5 Å². The number of pyridine rings is 1. The Kier molecular flexibility index (Phi) is 5.16. The zero-order chi connectivity index (χ0) is 17.1. The Bertz CT molecular complexity index is 865. The molecule has 0 unspecified atom stereocenters. The number of unbranched alkanes of at least 4 members (excludes halogenated alkanes) is 1. The minimum absolute atomic E-state index is 0.211. The van der Waals surface area contributed by atoms with Gasteiger partial charge in [0, 0.05) is 17.6 Å². The maximum absolute atomic E-state index is 6.32. The third-order valence-corrected chi connectivity index (χ3v) is 4.25. The highest BCUT2D eigenvalue weighted by molar-refractivity contribution is 6.39. The Morgan fingerprint density at radius 2 is 2.04 bits per heavy atom. The van der Waals surface area contributed by atoms with Crippen LogP contribution in [0.15, 0.2) is 18.2 Å². The molecule has 8 heteroatoms. The van der Waals surface area contributed by atoms with Gasteiger partial charge in [-0.3, -0.25) is 0 Å². The number of fused-ring (bicyclic) bond motifs is 1. The fraction of sp³-hybridized carbons (Fsp3) is 0.375. The van der Waals surface area contributed by atoms with Gasteiger partial charge in [-0.05, 0) is 42.0 Å². The lowest BCUT2D eigenvalue weighted by molar-refractivity contribution is 0.288. The highest BCUT2D eigenvalue weighted by Gasteiger charge is 2.15. The van der Waals surface area contributed by atoms with E-state index in [0.29, 0.717) is 27.1 Å². The van der Waals surface area contributed by atoms with E-state index in [9.17, 15) is 0 Å². The lowest BCUT2D eigenvalue weighted by atomic mass is 10.2. The van der Waals surface area contributed by atoms with Crippen molar-refractivity contribution in [2.24, 2.45) is 0 Å². The van der Waals surface area contributed by atoms with Crippen molar-refractivity contribution >= 4 is 34.1 Å². The Morgan fingerprint density at radius 3 is 2.83 bits per heavy atom. The Morgan fingerprint density at radius 1 is 1.21 bits per heavy atom. The maximum Gasteiger partial charge on any atom is 0.189 e. The van der Waals surface area contributed by atoms with Crippen LogP contribution in [-0.2, 0) is 13.2 Å². The van der Waals surface area contributed by atoms with Gasteiger partial charge in [0.25, 0.3) is 0 Å². The van der Waals surface area contributed by atoms with Crippen molar-refractivity contribution in [3.8, 4) is 5.75 Å². The van der Waals surface area contributed by atoms with Gasteiger partial charge in [0.15, 0.2) is 11.6 Å². The lowest BCUT2D eigenvalue weighted by Crippen LogP contribution is -2.09. The van der Waals surface area contributed by atoms with Gasteiger partial charge in [-0.15, -0.1) is 5.10 Å². The Balaban J connectivity index is 1.90. The fourth-order valence-electron chi connectivity index (χ4n) is 2.37. The summed E-state index contributed by atoms with van der Waals surface area (Å²) >= 11 is 12.6. The molecular weight excluding hydrogens is 349 g/mol. The zero-order valence-corrected chi connectivity index (χ0v) is 15.0. The Hall–Kier alpha value is -1.92. The summed E-state index contributed by atoms with van der Waals surface area (Å²) < 4.78 is 7.65. The second-order valence-corrected chi connectivity index (χ2v) is 6.29. The van der Waals surface area contributed by atoms with E-state index in [-0.39, 0.29) is 6.61 Å². The van der Waals surface area contributed by atoms with Crippen LogP contribution in [0.3, 0.4) is 0 Å². The summed E-state index contributed by atoms with van der Waals surface area (Å²) in [6.45, 7) is 4.99. The van der Waals surface area contributed by atoms with Gasteiger partial charge < -0.3 is 4.74 Å². The van der Waals surface area contributed by atoms with Gasteiger partial charge in [0.2, 0.25) is 0 Å². The monoisotopic (exact) mass is 365 g/mol. The molecule has 2 heterocycles. The standard InChI is InChI=1S/C16H17Cl2N5O/c1-3-4-7-23-14(20-21-22-23)9-24-16-13(18)8-12(17)11-6-5-10(2)19-15(11)16/h5-6,8H,3-4,7,9H2,1-2H3. The van der Waals surface area contributed by atoms with Gasteiger partial charge in [0.05, 0.1) is 10.0 Å². The normalized spacial score (nSPS) is 11.2. The zero-order valence-electron chi connectivity index (χ0n) is 13.5. The first-order chi connectivity index (χ1) is 11.6. The lowest BCUT2D eigenvalue weighted by Gasteiger charge is -2.12. The molecule has 1 aromatic carbocycles. The molecule has 0 amide bonds. The second kappa shape index (κ2) is 7.32. The molecule has 3 rings (SSSR count). The van der Waals surface area contributed by atoms with Crippen molar-refractivity contribution in [2.45, 2.75) is 39.8 Å². The van der Waals surface area contributed by atoms with Crippen LogP contribution in [0.4, 0.5) is 0 Å². The van der Waals surface area contributed by atoms with Crippen LogP contribution in [0.25, 0.3) is 10.9 Å².